The summed E-state index contributed by atoms with van der Waals surface area (Å²) in [5.41, 5.74) is -0.0353. The first kappa shape index (κ1) is 18.1. The third kappa shape index (κ3) is 5.15. The number of likely N-dealkylation sites (tertiary alicyclic amines) is 1. The molecule has 1 aliphatic rings. The molecule has 1 heterocycles. The van der Waals surface area contributed by atoms with Gasteiger partial charge in [0.05, 0.1) is 15.7 Å². The molecule has 0 bridgehead atoms. The molecule has 0 saturated carbocycles. The third-order valence-corrected chi connectivity index (χ3v) is 4.02. The van der Waals surface area contributed by atoms with Crippen molar-refractivity contribution < 1.29 is 13.9 Å². The lowest BCUT2D eigenvalue weighted by atomic mass is 10.1. The van der Waals surface area contributed by atoms with E-state index in [0.29, 0.717) is 18.8 Å². The normalized spacial score (nSPS) is 18.7. The standard InChI is InChI=1S/C16H21Cl2FN2O2/c1-16(2,3)23-15(22)21-6-4-5-11(9-21)20-14-12(17)7-10(19)8-13(14)18/h7-8,11,20H,4-6,9H2,1-3H3. The summed E-state index contributed by atoms with van der Waals surface area (Å²) in [4.78, 5) is 13.8. The zero-order valence-electron chi connectivity index (χ0n) is 13.5. The first-order chi connectivity index (χ1) is 10.7. The number of halogens is 3. The van der Waals surface area contributed by atoms with Crippen LogP contribution in [-0.2, 0) is 4.74 Å². The molecule has 2 rings (SSSR count). The van der Waals surface area contributed by atoms with E-state index in [-0.39, 0.29) is 22.2 Å². The van der Waals surface area contributed by atoms with Gasteiger partial charge in [0.2, 0.25) is 0 Å². The van der Waals surface area contributed by atoms with E-state index in [2.05, 4.69) is 5.32 Å². The van der Waals surface area contributed by atoms with Crippen molar-refractivity contribution >= 4 is 35.0 Å². The van der Waals surface area contributed by atoms with Crippen molar-refractivity contribution in [2.75, 3.05) is 18.4 Å². The van der Waals surface area contributed by atoms with Crippen molar-refractivity contribution in [2.45, 2.75) is 45.3 Å². The topological polar surface area (TPSA) is 41.6 Å². The predicted octanol–water partition coefficient (Wildman–Crippen LogP) is 4.94. The molecule has 1 aliphatic heterocycles. The van der Waals surface area contributed by atoms with Crippen LogP contribution in [0.1, 0.15) is 33.6 Å². The van der Waals surface area contributed by atoms with Crippen LogP contribution in [0.4, 0.5) is 14.9 Å². The SMILES string of the molecule is CC(C)(C)OC(=O)N1CCCC(Nc2c(Cl)cc(F)cc2Cl)C1. The maximum absolute atomic E-state index is 13.2. The zero-order valence-corrected chi connectivity index (χ0v) is 15.0. The van der Waals surface area contributed by atoms with Gasteiger partial charge in [0, 0.05) is 19.1 Å². The Labute approximate surface area is 145 Å². The summed E-state index contributed by atoms with van der Waals surface area (Å²) in [5.74, 6) is -0.482. The van der Waals surface area contributed by atoms with Crippen molar-refractivity contribution in [2.24, 2.45) is 0 Å². The van der Waals surface area contributed by atoms with E-state index in [1.165, 1.54) is 12.1 Å². The number of nitrogens with zero attached hydrogens (tertiary/aromatic N) is 1. The minimum Gasteiger partial charge on any atom is -0.444 e. The van der Waals surface area contributed by atoms with Crippen molar-refractivity contribution in [3.8, 4) is 0 Å². The van der Waals surface area contributed by atoms with Gasteiger partial charge in [-0.1, -0.05) is 23.2 Å². The summed E-state index contributed by atoms with van der Waals surface area (Å²) in [6.45, 7) is 6.64. The number of piperidine rings is 1. The number of carbonyl (C=O) groups excluding carboxylic acids is 1. The van der Waals surface area contributed by atoms with Crippen LogP contribution in [0.25, 0.3) is 0 Å². The van der Waals surface area contributed by atoms with Gasteiger partial charge in [-0.3, -0.25) is 0 Å². The minimum absolute atomic E-state index is 0.0169. The number of amides is 1. The predicted molar refractivity (Wildman–Crippen MR) is 90.9 cm³/mol. The Balaban J connectivity index is 2.03. The number of anilines is 1. The van der Waals surface area contributed by atoms with Crippen LogP contribution in [0.5, 0.6) is 0 Å². The molecule has 1 fully saturated rings. The molecule has 1 saturated heterocycles. The lowest BCUT2D eigenvalue weighted by Crippen LogP contribution is -2.47. The maximum atomic E-state index is 13.2. The van der Waals surface area contributed by atoms with Gasteiger partial charge in [-0.15, -0.1) is 0 Å². The average Bonchev–Trinajstić information content (AvgIpc) is 2.41. The Bertz CT molecular complexity index is 567. The number of hydrogen-bond donors (Lipinski definition) is 1. The molecule has 0 radical (unpaired) electrons. The Hall–Kier alpha value is -1.20. The largest absolute Gasteiger partial charge is 0.444 e. The molecule has 1 aromatic carbocycles. The summed E-state index contributed by atoms with van der Waals surface area (Å²) < 4.78 is 18.6. The quantitative estimate of drug-likeness (QED) is 0.809. The van der Waals surface area contributed by atoms with Gasteiger partial charge < -0.3 is 15.0 Å². The number of ether oxygens (including phenoxy) is 1. The second kappa shape index (κ2) is 7.14. The fourth-order valence-corrected chi connectivity index (χ4v) is 3.04. The highest BCUT2D eigenvalue weighted by Gasteiger charge is 2.28. The lowest BCUT2D eigenvalue weighted by Gasteiger charge is -2.35. The van der Waals surface area contributed by atoms with Gasteiger partial charge in [0.15, 0.2) is 0 Å². The molecule has 23 heavy (non-hydrogen) atoms. The second-order valence-electron chi connectivity index (χ2n) is 6.65. The Kier molecular flexibility index (Phi) is 5.63. The van der Waals surface area contributed by atoms with Crippen LogP contribution in [0, 0.1) is 5.82 Å². The monoisotopic (exact) mass is 362 g/mol. The summed E-state index contributed by atoms with van der Waals surface area (Å²) in [6, 6.07) is 2.41. The maximum Gasteiger partial charge on any atom is 0.410 e. The number of benzene rings is 1. The average molecular weight is 363 g/mol. The van der Waals surface area contributed by atoms with Crippen LogP contribution in [0.2, 0.25) is 10.0 Å². The molecule has 4 nitrogen and oxygen atoms in total. The molecular weight excluding hydrogens is 342 g/mol. The van der Waals surface area contributed by atoms with Gasteiger partial charge in [-0.05, 0) is 45.7 Å². The van der Waals surface area contributed by atoms with E-state index in [1.54, 1.807) is 4.90 Å². The molecule has 1 unspecified atom stereocenters. The second-order valence-corrected chi connectivity index (χ2v) is 7.47. The molecule has 0 spiro atoms. The van der Waals surface area contributed by atoms with Crippen LogP contribution >= 0.6 is 23.2 Å². The molecule has 0 aromatic heterocycles. The van der Waals surface area contributed by atoms with Crippen LogP contribution in [0.15, 0.2) is 12.1 Å². The minimum atomic E-state index is -0.527. The first-order valence-electron chi connectivity index (χ1n) is 7.55. The van der Waals surface area contributed by atoms with Crippen molar-refractivity contribution in [1.29, 1.82) is 0 Å². The summed E-state index contributed by atoms with van der Waals surface area (Å²) in [5, 5.41) is 3.66. The molecule has 1 atom stereocenters. The number of hydrogen-bond acceptors (Lipinski definition) is 3. The fraction of sp³-hybridized carbons (Fsp3) is 0.562. The highest BCUT2D eigenvalue weighted by molar-refractivity contribution is 6.39. The lowest BCUT2D eigenvalue weighted by molar-refractivity contribution is 0.0206. The van der Waals surface area contributed by atoms with Crippen LogP contribution in [-0.4, -0.2) is 35.7 Å². The van der Waals surface area contributed by atoms with Gasteiger partial charge in [0.1, 0.15) is 11.4 Å². The Morgan fingerprint density at radius 1 is 1.35 bits per heavy atom. The fourth-order valence-electron chi connectivity index (χ4n) is 2.47. The van der Waals surface area contributed by atoms with E-state index in [9.17, 15) is 9.18 Å². The number of carbonyl (C=O) groups is 1. The Morgan fingerprint density at radius 2 is 1.96 bits per heavy atom. The van der Waals surface area contributed by atoms with Gasteiger partial charge in [-0.25, -0.2) is 9.18 Å². The molecule has 0 aliphatic carbocycles. The molecule has 1 aromatic rings. The van der Waals surface area contributed by atoms with Crippen molar-refractivity contribution in [3.63, 3.8) is 0 Å². The third-order valence-electron chi connectivity index (χ3n) is 3.43. The van der Waals surface area contributed by atoms with E-state index < -0.39 is 11.4 Å². The van der Waals surface area contributed by atoms with Crippen LogP contribution in [0.3, 0.4) is 0 Å². The van der Waals surface area contributed by atoms with Crippen molar-refractivity contribution in [1.82, 2.24) is 4.90 Å². The molecule has 1 amide bonds. The van der Waals surface area contributed by atoms with Gasteiger partial charge >= 0.3 is 6.09 Å². The van der Waals surface area contributed by atoms with E-state index in [0.717, 1.165) is 12.8 Å². The van der Waals surface area contributed by atoms with Crippen molar-refractivity contribution in [3.05, 3.63) is 28.0 Å². The number of rotatable bonds is 2. The molecular formula is C16H21Cl2FN2O2. The Morgan fingerprint density at radius 3 is 2.52 bits per heavy atom. The molecule has 7 heteroatoms. The van der Waals surface area contributed by atoms with E-state index in [1.807, 2.05) is 20.8 Å². The zero-order chi connectivity index (χ0) is 17.2. The van der Waals surface area contributed by atoms with E-state index >= 15 is 0 Å². The summed E-state index contributed by atoms with van der Waals surface area (Å²) in [6.07, 6.45) is 1.37. The van der Waals surface area contributed by atoms with Gasteiger partial charge in [-0.2, -0.15) is 0 Å². The van der Waals surface area contributed by atoms with Crippen LogP contribution < -0.4 is 5.32 Å². The highest BCUT2D eigenvalue weighted by Crippen LogP contribution is 2.33. The highest BCUT2D eigenvalue weighted by atomic mass is 35.5. The molecule has 1 N–H and O–H groups in total. The number of nitrogens with one attached hydrogen (secondary N) is 1. The summed E-state index contributed by atoms with van der Waals surface area (Å²) >= 11 is 12.1. The van der Waals surface area contributed by atoms with E-state index in [4.69, 9.17) is 27.9 Å². The smallest absolute Gasteiger partial charge is 0.410 e. The van der Waals surface area contributed by atoms with Gasteiger partial charge in [0.25, 0.3) is 0 Å². The summed E-state index contributed by atoms with van der Waals surface area (Å²) in [7, 11) is 0. The first-order valence-corrected chi connectivity index (χ1v) is 8.30. The molecule has 128 valence electrons.